The van der Waals surface area contributed by atoms with E-state index in [9.17, 15) is 0 Å². The average molecular weight is 626 g/mol. The number of nitrogens with zero attached hydrogens (tertiary/aromatic N) is 3. The van der Waals surface area contributed by atoms with Crippen LogP contribution in [0.15, 0.2) is 168 Å². The molecule has 4 heteroatoms. The molecule has 0 fully saturated rings. The highest BCUT2D eigenvalue weighted by molar-refractivity contribution is 6.22. The van der Waals surface area contributed by atoms with Gasteiger partial charge in [-0.2, -0.15) is 0 Å². The molecular weight excluding hydrogens is 599 g/mol. The molecule has 0 aliphatic rings. The summed E-state index contributed by atoms with van der Waals surface area (Å²) in [5.41, 5.74) is 6.67. The molecule has 2 heterocycles. The second kappa shape index (κ2) is 11.0. The Morgan fingerprint density at radius 2 is 0.939 bits per heavy atom. The Morgan fingerprint density at radius 1 is 0.327 bits per heavy atom. The minimum Gasteiger partial charge on any atom is -0.456 e. The van der Waals surface area contributed by atoms with Crippen LogP contribution in [-0.2, 0) is 0 Å². The minimum atomic E-state index is 0.602. The van der Waals surface area contributed by atoms with Crippen molar-refractivity contribution in [2.45, 2.75) is 0 Å². The Balaban J connectivity index is 1.26. The third-order valence-electron chi connectivity index (χ3n) is 9.51. The Hall–Kier alpha value is -6.65. The van der Waals surface area contributed by atoms with E-state index in [0.717, 1.165) is 55.1 Å². The lowest BCUT2D eigenvalue weighted by Crippen LogP contribution is -2.01. The zero-order chi connectivity index (χ0) is 32.3. The number of fused-ring (bicyclic) bond motifs is 8. The molecule has 10 rings (SSSR count). The van der Waals surface area contributed by atoms with Crippen LogP contribution >= 0.6 is 0 Å². The van der Waals surface area contributed by atoms with Gasteiger partial charge in [-0.05, 0) is 61.6 Å². The first-order valence-corrected chi connectivity index (χ1v) is 16.4. The van der Waals surface area contributed by atoms with Gasteiger partial charge in [0.25, 0.3) is 0 Å². The molecule has 4 nitrogen and oxygen atoms in total. The fraction of sp³-hybridized carbons (Fsp3) is 0. The van der Waals surface area contributed by atoms with Crippen molar-refractivity contribution in [3.05, 3.63) is 164 Å². The predicted molar refractivity (Wildman–Crippen MR) is 201 cm³/mol. The molecule has 0 N–H and O–H groups in total. The van der Waals surface area contributed by atoms with E-state index < -0.39 is 0 Å². The van der Waals surface area contributed by atoms with Crippen molar-refractivity contribution >= 4 is 54.3 Å². The molecule has 2 aromatic heterocycles. The van der Waals surface area contributed by atoms with Crippen LogP contribution < -0.4 is 0 Å². The molecule has 0 bridgehead atoms. The maximum absolute atomic E-state index is 6.27. The topological polar surface area (TPSA) is 51.8 Å². The van der Waals surface area contributed by atoms with E-state index in [4.69, 9.17) is 19.4 Å². The summed E-state index contributed by atoms with van der Waals surface area (Å²) in [7, 11) is 0. The van der Waals surface area contributed by atoms with E-state index in [1.165, 1.54) is 26.9 Å². The number of aromatic nitrogens is 3. The summed E-state index contributed by atoms with van der Waals surface area (Å²) in [6, 6.07) is 56.9. The first-order chi connectivity index (χ1) is 24.3. The van der Waals surface area contributed by atoms with Crippen molar-refractivity contribution in [2.24, 2.45) is 0 Å². The van der Waals surface area contributed by atoms with Crippen LogP contribution in [0.5, 0.6) is 0 Å². The fourth-order valence-electron chi connectivity index (χ4n) is 7.23. The standard InChI is InChI=1S/C45H27N3O/c1-2-11-28(12-3-1)31-14-8-15-32(27-31)43-46-44(48-45(47-43)38-20-10-22-40-42(38)37-17-6-7-21-39(37)49-40)36-19-9-18-35-34(36)26-25-30-24-23-29-13-4-5-16-33(29)41(30)35/h1-27H. The summed E-state index contributed by atoms with van der Waals surface area (Å²) in [6.07, 6.45) is 0. The number of hydrogen-bond acceptors (Lipinski definition) is 4. The maximum Gasteiger partial charge on any atom is 0.164 e. The van der Waals surface area contributed by atoms with Crippen molar-refractivity contribution in [3.8, 4) is 45.3 Å². The Bertz CT molecular complexity index is 2890. The third-order valence-corrected chi connectivity index (χ3v) is 9.51. The van der Waals surface area contributed by atoms with Crippen LogP contribution in [0.2, 0.25) is 0 Å². The van der Waals surface area contributed by atoms with Crippen molar-refractivity contribution in [1.82, 2.24) is 15.0 Å². The predicted octanol–water partition coefficient (Wildman–Crippen LogP) is 11.9. The SMILES string of the molecule is c1ccc(-c2cccc(-c3nc(-c4cccc5c4ccc4ccc6ccccc6c45)nc(-c4cccc5oc6ccccc6c45)n3)c2)cc1. The molecule has 0 radical (unpaired) electrons. The maximum atomic E-state index is 6.27. The lowest BCUT2D eigenvalue weighted by Gasteiger charge is -2.13. The van der Waals surface area contributed by atoms with Gasteiger partial charge in [-0.1, -0.05) is 146 Å². The lowest BCUT2D eigenvalue weighted by atomic mass is 9.94. The van der Waals surface area contributed by atoms with Crippen molar-refractivity contribution < 1.29 is 4.42 Å². The van der Waals surface area contributed by atoms with E-state index in [1.807, 2.05) is 36.4 Å². The largest absolute Gasteiger partial charge is 0.456 e. The van der Waals surface area contributed by atoms with Gasteiger partial charge in [0.05, 0.1) is 0 Å². The zero-order valence-electron chi connectivity index (χ0n) is 26.3. The van der Waals surface area contributed by atoms with Crippen LogP contribution in [0.3, 0.4) is 0 Å². The summed E-state index contributed by atoms with van der Waals surface area (Å²) >= 11 is 0. The van der Waals surface area contributed by atoms with Gasteiger partial charge in [0.1, 0.15) is 11.2 Å². The van der Waals surface area contributed by atoms with Gasteiger partial charge in [-0.15, -0.1) is 0 Å². The second-order valence-electron chi connectivity index (χ2n) is 12.4. The van der Waals surface area contributed by atoms with Gasteiger partial charge in [-0.25, -0.2) is 15.0 Å². The zero-order valence-corrected chi connectivity index (χ0v) is 26.3. The molecule has 49 heavy (non-hydrogen) atoms. The van der Waals surface area contributed by atoms with Crippen LogP contribution in [0, 0.1) is 0 Å². The van der Waals surface area contributed by atoms with Gasteiger partial charge in [0.2, 0.25) is 0 Å². The molecule has 0 aliphatic heterocycles. The molecular formula is C45H27N3O. The van der Waals surface area contributed by atoms with Gasteiger partial charge in [0, 0.05) is 27.5 Å². The minimum absolute atomic E-state index is 0.602. The molecule has 8 aromatic carbocycles. The number of rotatable bonds is 4. The Labute approximate surface area is 282 Å². The normalized spacial score (nSPS) is 11.7. The van der Waals surface area contributed by atoms with E-state index in [0.29, 0.717) is 17.5 Å². The molecule has 0 spiro atoms. The summed E-state index contributed by atoms with van der Waals surface area (Å²) in [6.45, 7) is 0. The first kappa shape index (κ1) is 27.5. The average Bonchev–Trinajstić information content (AvgIpc) is 3.56. The highest BCUT2D eigenvalue weighted by Gasteiger charge is 2.19. The number of furan rings is 1. The molecule has 0 aliphatic carbocycles. The van der Waals surface area contributed by atoms with Gasteiger partial charge in [0.15, 0.2) is 17.5 Å². The molecule has 0 amide bonds. The molecule has 0 saturated carbocycles. The molecule has 0 atom stereocenters. The molecule has 0 unspecified atom stereocenters. The highest BCUT2D eigenvalue weighted by Crippen LogP contribution is 2.39. The van der Waals surface area contributed by atoms with Gasteiger partial charge < -0.3 is 4.42 Å². The summed E-state index contributed by atoms with van der Waals surface area (Å²) < 4.78 is 6.27. The van der Waals surface area contributed by atoms with Gasteiger partial charge in [-0.3, -0.25) is 0 Å². The van der Waals surface area contributed by atoms with Gasteiger partial charge >= 0.3 is 0 Å². The first-order valence-electron chi connectivity index (χ1n) is 16.4. The third kappa shape index (κ3) is 4.49. The second-order valence-corrected chi connectivity index (χ2v) is 12.4. The number of para-hydroxylation sites is 1. The lowest BCUT2D eigenvalue weighted by molar-refractivity contribution is 0.669. The van der Waals surface area contributed by atoms with Crippen LogP contribution in [0.4, 0.5) is 0 Å². The van der Waals surface area contributed by atoms with Crippen LogP contribution in [0.1, 0.15) is 0 Å². The van der Waals surface area contributed by atoms with E-state index >= 15 is 0 Å². The highest BCUT2D eigenvalue weighted by atomic mass is 16.3. The van der Waals surface area contributed by atoms with Crippen LogP contribution in [-0.4, -0.2) is 15.0 Å². The summed E-state index contributed by atoms with van der Waals surface area (Å²) in [5.74, 6) is 1.84. The Morgan fingerprint density at radius 3 is 1.86 bits per heavy atom. The van der Waals surface area contributed by atoms with Crippen LogP contribution in [0.25, 0.3) is 99.5 Å². The summed E-state index contributed by atoms with van der Waals surface area (Å²) in [5, 5.41) is 9.19. The smallest absolute Gasteiger partial charge is 0.164 e. The molecule has 0 saturated heterocycles. The number of hydrogen-bond donors (Lipinski definition) is 0. The quantitative estimate of drug-likeness (QED) is 0.183. The van der Waals surface area contributed by atoms with Crippen molar-refractivity contribution in [2.75, 3.05) is 0 Å². The van der Waals surface area contributed by atoms with E-state index in [2.05, 4.69) is 127 Å². The fourth-order valence-corrected chi connectivity index (χ4v) is 7.23. The molecule has 10 aromatic rings. The summed E-state index contributed by atoms with van der Waals surface area (Å²) in [4.78, 5) is 15.6. The van der Waals surface area contributed by atoms with E-state index in [1.54, 1.807) is 0 Å². The van der Waals surface area contributed by atoms with Crippen molar-refractivity contribution in [1.29, 1.82) is 0 Å². The monoisotopic (exact) mass is 625 g/mol. The van der Waals surface area contributed by atoms with E-state index in [-0.39, 0.29) is 0 Å². The Kier molecular flexibility index (Phi) is 6.15. The molecule has 228 valence electrons. The van der Waals surface area contributed by atoms with Crippen molar-refractivity contribution in [3.63, 3.8) is 0 Å². The number of benzene rings is 8.